The fourth-order valence-electron chi connectivity index (χ4n) is 1.81. The van der Waals surface area contributed by atoms with E-state index in [0.29, 0.717) is 27.7 Å². The summed E-state index contributed by atoms with van der Waals surface area (Å²) in [7, 11) is -2.24. The predicted octanol–water partition coefficient (Wildman–Crippen LogP) is 2.35. The molecule has 2 N–H and O–H groups in total. The van der Waals surface area contributed by atoms with Crippen LogP contribution >= 0.6 is 11.6 Å². The molecule has 1 heterocycles. The molecule has 2 aromatic rings. The number of halogens is 1. The van der Waals surface area contributed by atoms with Gasteiger partial charge in [-0.25, -0.2) is 8.42 Å². The molecule has 6 nitrogen and oxygen atoms in total. The van der Waals surface area contributed by atoms with Crippen LogP contribution < -0.4 is 5.73 Å². The average Bonchev–Trinajstić information content (AvgIpc) is 2.80. The molecular weight excluding hydrogens is 314 g/mol. The van der Waals surface area contributed by atoms with Crippen LogP contribution in [0, 0.1) is 13.8 Å². The van der Waals surface area contributed by atoms with Crippen molar-refractivity contribution in [2.75, 3.05) is 12.8 Å². The van der Waals surface area contributed by atoms with Crippen LogP contribution in [0.3, 0.4) is 0 Å². The van der Waals surface area contributed by atoms with Crippen molar-refractivity contribution >= 4 is 27.3 Å². The van der Waals surface area contributed by atoms with Gasteiger partial charge >= 0.3 is 0 Å². The molecule has 0 saturated heterocycles. The fourth-order valence-corrected chi connectivity index (χ4v) is 3.30. The second-order valence-electron chi connectivity index (χ2n) is 4.81. The summed E-state index contributed by atoms with van der Waals surface area (Å²) in [6.07, 6.45) is 0. The zero-order chi connectivity index (χ0) is 15.8. The lowest BCUT2D eigenvalue weighted by molar-refractivity contribution is 0.378. The minimum Gasteiger partial charge on any atom is -0.398 e. The van der Waals surface area contributed by atoms with Crippen LogP contribution in [0.25, 0.3) is 0 Å². The van der Waals surface area contributed by atoms with E-state index in [-0.39, 0.29) is 11.4 Å². The molecule has 0 amide bonds. The van der Waals surface area contributed by atoms with Gasteiger partial charge in [0.2, 0.25) is 10.0 Å². The van der Waals surface area contributed by atoms with Gasteiger partial charge < -0.3 is 10.3 Å². The Morgan fingerprint density at radius 3 is 2.52 bits per heavy atom. The molecule has 1 aromatic carbocycles. The first kappa shape index (κ1) is 15.8. The van der Waals surface area contributed by atoms with E-state index in [1.54, 1.807) is 19.9 Å². The monoisotopic (exact) mass is 329 g/mol. The van der Waals surface area contributed by atoms with Gasteiger partial charge in [0.05, 0.1) is 17.1 Å². The van der Waals surface area contributed by atoms with Gasteiger partial charge in [-0.1, -0.05) is 16.8 Å². The zero-order valence-electron chi connectivity index (χ0n) is 11.9. The molecule has 21 heavy (non-hydrogen) atoms. The lowest BCUT2D eigenvalue weighted by atomic mass is 10.2. The smallest absolute Gasteiger partial charge is 0.243 e. The Kier molecular flexibility index (Phi) is 4.27. The fraction of sp³-hybridized carbons (Fsp3) is 0.308. The van der Waals surface area contributed by atoms with Crippen LogP contribution in [0.5, 0.6) is 0 Å². The highest BCUT2D eigenvalue weighted by atomic mass is 35.5. The minimum absolute atomic E-state index is 0.0540. The van der Waals surface area contributed by atoms with Crippen LogP contribution in [0.4, 0.5) is 5.69 Å². The van der Waals surface area contributed by atoms with Crippen molar-refractivity contribution in [1.29, 1.82) is 0 Å². The summed E-state index contributed by atoms with van der Waals surface area (Å²) >= 11 is 6.00. The maximum absolute atomic E-state index is 12.5. The third-order valence-corrected chi connectivity index (χ3v) is 5.30. The summed E-state index contributed by atoms with van der Waals surface area (Å²) in [6.45, 7) is 3.58. The maximum atomic E-state index is 12.5. The summed E-state index contributed by atoms with van der Waals surface area (Å²) < 4.78 is 31.1. The summed E-state index contributed by atoms with van der Waals surface area (Å²) in [6, 6.07) is 4.48. The first-order valence-corrected chi connectivity index (χ1v) is 7.98. The van der Waals surface area contributed by atoms with Crippen molar-refractivity contribution in [3.8, 4) is 0 Å². The number of hydrogen-bond donors (Lipinski definition) is 1. The Hall–Kier alpha value is -1.57. The highest BCUT2D eigenvalue weighted by molar-refractivity contribution is 7.89. The van der Waals surface area contributed by atoms with Gasteiger partial charge in [0.1, 0.15) is 5.76 Å². The highest BCUT2D eigenvalue weighted by Gasteiger charge is 2.23. The molecule has 0 atom stereocenters. The first-order valence-electron chi connectivity index (χ1n) is 6.16. The number of aryl methyl sites for hydroxylation is 1. The number of nitrogen functional groups attached to an aromatic ring is 1. The second kappa shape index (κ2) is 5.67. The van der Waals surface area contributed by atoms with Gasteiger partial charge in [0.15, 0.2) is 0 Å². The van der Waals surface area contributed by atoms with Gasteiger partial charge in [-0.15, -0.1) is 0 Å². The molecule has 8 heteroatoms. The summed E-state index contributed by atoms with van der Waals surface area (Å²) in [4.78, 5) is 0.0540. The Balaban J connectivity index is 2.33. The van der Waals surface area contributed by atoms with Gasteiger partial charge in [-0.05, 0) is 31.5 Å². The normalized spacial score (nSPS) is 12.0. The number of hydrogen-bond acceptors (Lipinski definition) is 5. The molecule has 0 aliphatic carbocycles. The van der Waals surface area contributed by atoms with Crippen molar-refractivity contribution in [2.45, 2.75) is 25.3 Å². The van der Waals surface area contributed by atoms with Crippen molar-refractivity contribution in [2.24, 2.45) is 0 Å². The molecule has 0 spiro atoms. The van der Waals surface area contributed by atoms with E-state index in [1.165, 1.54) is 23.5 Å². The molecule has 2 rings (SSSR count). The topological polar surface area (TPSA) is 89.4 Å². The molecule has 0 saturated carbocycles. The van der Waals surface area contributed by atoms with Crippen LogP contribution in [-0.2, 0) is 16.6 Å². The number of sulfonamides is 1. The molecule has 114 valence electrons. The van der Waals surface area contributed by atoms with Crippen LogP contribution in [0.15, 0.2) is 27.6 Å². The van der Waals surface area contributed by atoms with Crippen LogP contribution in [0.1, 0.15) is 17.0 Å². The van der Waals surface area contributed by atoms with Crippen LogP contribution in [0.2, 0.25) is 5.02 Å². The summed E-state index contributed by atoms with van der Waals surface area (Å²) in [5, 5.41) is 4.10. The molecular formula is C13H16ClN3O3S. The van der Waals surface area contributed by atoms with E-state index in [9.17, 15) is 8.42 Å². The number of nitrogens with zero attached hydrogens (tertiary/aromatic N) is 2. The lowest BCUT2D eigenvalue weighted by Crippen LogP contribution is -2.26. The largest absolute Gasteiger partial charge is 0.398 e. The van der Waals surface area contributed by atoms with Gasteiger partial charge in [-0.2, -0.15) is 4.31 Å². The molecule has 0 radical (unpaired) electrons. The summed E-state index contributed by atoms with van der Waals surface area (Å²) in [5.41, 5.74) is 7.31. The number of benzene rings is 1. The van der Waals surface area contributed by atoms with Gasteiger partial charge in [0.25, 0.3) is 0 Å². The standard InChI is InChI=1S/C13H16ClN3O3S/c1-8-4-10(16-20-8)7-17(3)21(18,19)11-5-12(14)9(2)13(15)6-11/h4-6H,7,15H2,1-3H3. The van der Waals surface area contributed by atoms with Crippen LogP contribution in [-0.4, -0.2) is 24.9 Å². The lowest BCUT2D eigenvalue weighted by Gasteiger charge is -2.17. The maximum Gasteiger partial charge on any atom is 0.243 e. The Labute approximate surface area is 128 Å². The van der Waals surface area contributed by atoms with Gasteiger partial charge in [-0.3, -0.25) is 0 Å². The van der Waals surface area contributed by atoms with E-state index in [0.717, 1.165) is 0 Å². The Morgan fingerprint density at radius 2 is 2.00 bits per heavy atom. The van der Waals surface area contributed by atoms with E-state index in [1.807, 2.05) is 0 Å². The second-order valence-corrected chi connectivity index (χ2v) is 7.26. The number of aromatic nitrogens is 1. The number of rotatable bonds is 4. The highest BCUT2D eigenvalue weighted by Crippen LogP contribution is 2.27. The van der Waals surface area contributed by atoms with Crippen molar-refractivity contribution in [3.63, 3.8) is 0 Å². The van der Waals surface area contributed by atoms with E-state index in [2.05, 4.69) is 5.16 Å². The quantitative estimate of drug-likeness (QED) is 0.870. The predicted molar refractivity (Wildman–Crippen MR) is 80.5 cm³/mol. The molecule has 0 unspecified atom stereocenters. The van der Waals surface area contributed by atoms with E-state index in [4.69, 9.17) is 21.9 Å². The molecule has 0 aliphatic rings. The molecule has 0 fully saturated rings. The van der Waals surface area contributed by atoms with Gasteiger partial charge in [0, 0.05) is 23.8 Å². The third-order valence-electron chi connectivity index (χ3n) is 3.13. The average molecular weight is 330 g/mol. The van der Waals surface area contributed by atoms with E-state index < -0.39 is 10.0 Å². The Bertz CT molecular complexity index is 748. The first-order chi connectivity index (χ1) is 9.71. The molecule has 0 bridgehead atoms. The molecule has 1 aromatic heterocycles. The van der Waals surface area contributed by atoms with E-state index >= 15 is 0 Å². The molecule has 0 aliphatic heterocycles. The number of nitrogens with two attached hydrogens (primary N) is 1. The summed E-state index contributed by atoms with van der Waals surface area (Å²) in [5.74, 6) is 0.624. The van der Waals surface area contributed by atoms with Crippen molar-refractivity contribution in [3.05, 3.63) is 40.2 Å². The zero-order valence-corrected chi connectivity index (χ0v) is 13.5. The van der Waals surface area contributed by atoms with Crippen molar-refractivity contribution < 1.29 is 12.9 Å². The third kappa shape index (κ3) is 3.20. The SMILES string of the molecule is Cc1cc(CN(C)S(=O)(=O)c2cc(N)c(C)c(Cl)c2)no1. The Morgan fingerprint density at radius 1 is 1.33 bits per heavy atom. The minimum atomic E-state index is -3.70. The van der Waals surface area contributed by atoms with Crippen molar-refractivity contribution in [1.82, 2.24) is 9.46 Å². The number of anilines is 1.